The first-order valence-corrected chi connectivity index (χ1v) is 10.5. The smallest absolute Gasteiger partial charge is 0.262 e. The highest BCUT2D eigenvalue weighted by Crippen LogP contribution is 2.25. The van der Waals surface area contributed by atoms with Crippen LogP contribution >= 0.6 is 11.6 Å². The number of rotatable bonds is 5. The van der Waals surface area contributed by atoms with Gasteiger partial charge in [0.2, 0.25) is 0 Å². The topological polar surface area (TPSA) is 75.3 Å². The minimum Gasteiger partial charge on any atom is -0.321 e. The van der Waals surface area contributed by atoms with E-state index in [0.29, 0.717) is 16.3 Å². The predicted octanol–water partition coefficient (Wildman–Crippen LogP) is 5.15. The first kappa shape index (κ1) is 20.8. The van der Waals surface area contributed by atoms with Gasteiger partial charge in [-0.2, -0.15) is 0 Å². The average Bonchev–Trinajstić information content (AvgIpc) is 2.66. The maximum atomic E-state index is 13.8. The zero-order valence-electron chi connectivity index (χ0n) is 15.7. The number of benzene rings is 3. The summed E-state index contributed by atoms with van der Waals surface area (Å²) in [7, 11) is -4.09. The van der Waals surface area contributed by atoms with Crippen LogP contribution in [0.1, 0.15) is 21.5 Å². The van der Waals surface area contributed by atoms with Crippen molar-refractivity contribution in [1.82, 2.24) is 0 Å². The molecule has 3 rings (SSSR count). The van der Waals surface area contributed by atoms with Gasteiger partial charge in [0, 0.05) is 5.56 Å². The molecule has 0 radical (unpaired) electrons. The number of carbonyl (C=O) groups is 1. The van der Waals surface area contributed by atoms with Crippen molar-refractivity contribution in [2.24, 2.45) is 0 Å². The molecule has 0 fully saturated rings. The Morgan fingerprint density at radius 2 is 1.69 bits per heavy atom. The lowest BCUT2D eigenvalue weighted by Gasteiger charge is -2.13. The minimum atomic E-state index is -4.09. The van der Waals surface area contributed by atoms with Gasteiger partial charge in [0.1, 0.15) is 5.82 Å². The second-order valence-electron chi connectivity index (χ2n) is 6.50. The van der Waals surface area contributed by atoms with Crippen LogP contribution in [0.2, 0.25) is 5.02 Å². The van der Waals surface area contributed by atoms with E-state index in [2.05, 4.69) is 10.0 Å². The summed E-state index contributed by atoms with van der Waals surface area (Å²) in [6.45, 7) is 3.56. The van der Waals surface area contributed by atoms with Crippen molar-refractivity contribution in [3.05, 3.63) is 88.2 Å². The highest BCUT2D eigenvalue weighted by molar-refractivity contribution is 7.92. The molecule has 150 valence electrons. The van der Waals surface area contributed by atoms with Crippen LogP contribution in [0.15, 0.2) is 65.6 Å². The molecule has 0 saturated carbocycles. The number of hydrogen-bond donors (Lipinski definition) is 2. The van der Waals surface area contributed by atoms with Gasteiger partial charge in [0.25, 0.3) is 15.9 Å². The van der Waals surface area contributed by atoms with Gasteiger partial charge in [0.15, 0.2) is 0 Å². The lowest BCUT2D eigenvalue weighted by Crippen LogP contribution is -2.17. The van der Waals surface area contributed by atoms with Crippen molar-refractivity contribution in [3.8, 4) is 0 Å². The Balaban J connectivity index is 1.91. The Kier molecular flexibility index (Phi) is 5.91. The van der Waals surface area contributed by atoms with Gasteiger partial charge in [-0.1, -0.05) is 35.9 Å². The number of carbonyl (C=O) groups excluding carboxylic acids is 1. The second-order valence-corrected chi connectivity index (χ2v) is 8.59. The SMILES string of the molecule is Cc1ccc(NC(=O)c2cc(S(=O)(=O)Nc3ccccc3F)ccc2C)c(Cl)c1. The molecule has 5 nitrogen and oxygen atoms in total. The molecule has 0 saturated heterocycles. The van der Waals surface area contributed by atoms with Crippen LogP contribution in [-0.4, -0.2) is 14.3 Å². The fourth-order valence-electron chi connectivity index (χ4n) is 2.67. The number of nitrogens with one attached hydrogen (secondary N) is 2. The molecule has 1 amide bonds. The van der Waals surface area contributed by atoms with Crippen LogP contribution in [0.25, 0.3) is 0 Å². The molecular weight excluding hydrogens is 415 g/mol. The van der Waals surface area contributed by atoms with Crippen LogP contribution in [0.5, 0.6) is 0 Å². The van der Waals surface area contributed by atoms with E-state index in [1.807, 2.05) is 6.92 Å². The van der Waals surface area contributed by atoms with Crippen molar-refractivity contribution in [2.75, 3.05) is 10.0 Å². The van der Waals surface area contributed by atoms with Gasteiger partial charge in [-0.25, -0.2) is 12.8 Å². The molecule has 3 aromatic rings. The lowest BCUT2D eigenvalue weighted by atomic mass is 10.1. The van der Waals surface area contributed by atoms with Gasteiger partial charge >= 0.3 is 0 Å². The Morgan fingerprint density at radius 1 is 0.966 bits per heavy atom. The quantitative estimate of drug-likeness (QED) is 0.585. The molecule has 29 heavy (non-hydrogen) atoms. The molecule has 0 aromatic heterocycles. The van der Waals surface area contributed by atoms with E-state index >= 15 is 0 Å². The van der Waals surface area contributed by atoms with Crippen LogP contribution in [0.3, 0.4) is 0 Å². The molecule has 0 aliphatic carbocycles. The summed E-state index contributed by atoms with van der Waals surface area (Å²) in [5.41, 5.74) is 1.93. The predicted molar refractivity (Wildman–Crippen MR) is 113 cm³/mol. The number of halogens is 2. The maximum absolute atomic E-state index is 13.8. The van der Waals surface area contributed by atoms with E-state index in [9.17, 15) is 17.6 Å². The van der Waals surface area contributed by atoms with Gasteiger partial charge in [0.05, 0.1) is 21.3 Å². The summed E-state index contributed by atoms with van der Waals surface area (Å²) in [4.78, 5) is 12.6. The van der Waals surface area contributed by atoms with E-state index in [1.165, 1.54) is 36.4 Å². The normalized spacial score (nSPS) is 11.2. The third-order valence-electron chi connectivity index (χ3n) is 4.25. The van der Waals surface area contributed by atoms with Crippen molar-refractivity contribution < 1.29 is 17.6 Å². The van der Waals surface area contributed by atoms with E-state index in [4.69, 9.17) is 11.6 Å². The molecule has 3 aromatic carbocycles. The van der Waals surface area contributed by atoms with Gasteiger partial charge in [-0.3, -0.25) is 9.52 Å². The molecule has 0 aliphatic heterocycles. The largest absolute Gasteiger partial charge is 0.321 e. The maximum Gasteiger partial charge on any atom is 0.262 e. The first-order chi connectivity index (χ1) is 13.7. The van der Waals surface area contributed by atoms with Crippen molar-refractivity contribution in [2.45, 2.75) is 18.7 Å². The van der Waals surface area contributed by atoms with Crippen LogP contribution in [0.4, 0.5) is 15.8 Å². The Morgan fingerprint density at radius 3 is 2.38 bits per heavy atom. The summed E-state index contributed by atoms with van der Waals surface area (Å²) in [6.07, 6.45) is 0. The summed E-state index contributed by atoms with van der Waals surface area (Å²) in [5, 5.41) is 3.06. The minimum absolute atomic E-state index is 0.161. The third-order valence-corrected chi connectivity index (χ3v) is 5.93. The average molecular weight is 433 g/mol. The lowest BCUT2D eigenvalue weighted by molar-refractivity contribution is 0.102. The van der Waals surface area contributed by atoms with E-state index < -0.39 is 21.7 Å². The van der Waals surface area contributed by atoms with Gasteiger partial charge < -0.3 is 5.32 Å². The Hall–Kier alpha value is -2.90. The standard InChI is InChI=1S/C21H18ClFN2O3S/c1-13-7-10-19(17(22)11-13)24-21(26)16-12-15(9-8-14(16)2)29(27,28)25-20-6-4-3-5-18(20)23/h3-12,25H,1-2H3,(H,24,26). The van der Waals surface area contributed by atoms with E-state index in [0.717, 1.165) is 11.6 Å². The Labute approximate surface area is 173 Å². The highest BCUT2D eigenvalue weighted by atomic mass is 35.5. The monoisotopic (exact) mass is 432 g/mol. The first-order valence-electron chi connectivity index (χ1n) is 8.63. The number of para-hydroxylation sites is 1. The Bertz CT molecular complexity index is 1200. The van der Waals surface area contributed by atoms with Crippen molar-refractivity contribution in [3.63, 3.8) is 0 Å². The third kappa shape index (κ3) is 4.75. The second kappa shape index (κ2) is 8.23. The molecule has 8 heteroatoms. The van der Waals surface area contributed by atoms with Crippen molar-refractivity contribution >= 4 is 38.9 Å². The van der Waals surface area contributed by atoms with Crippen LogP contribution in [0, 0.1) is 19.7 Å². The summed E-state index contributed by atoms with van der Waals surface area (Å²) in [5.74, 6) is -1.20. The highest BCUT2D eigenvalue weighted by Gasteiger charge is 2.20. The summed E-state index contributed by atoms with van der Waals surface area (Å²) < 4.78 is 41.3. The van der Waals surface area contributed by atoms with E-state index in [1.54, 1.807) is 25.1 Å². The summed E-state index contributed by atoms with van der Waals surface area (Å²) >= 11 is 6.15. The molecule has 0 bridgehead atoms. The fraction of sp³-hybridized carbons (Fsp3) is 0.0952. The van der Waals surface area contributed by atoms with Gasteiger partial charge in [-0.15, -0.1) is 0 Å². The molecule has 0 unspecified atom stereocenters. The molecule has 0 heterocycles. The van der Waals surface area contributed by atoms with Crippen LogP contribution in [-0.2, 0) is 10.0 Å². The zero-order chi connectivity index (χ0) is 21.2. The molecule has 0 atom stereocenters. The number of anilines is 2. The zero-order valence-corrected chi connectivity index (χ0v) is 17.2. The van der Waals surface area contributed by atoms with Crippen molar-refractivity contribution in [1.29, 1.82) is 0 Å². The molecule has 0 spiro atoms. The van der Waals surface area contributed by atoms with Crippen LogP contribution < -0.4 is 10.0 Å². The molecule has 2 N–H and O–H groups in total. The molecular formula is C21H18ClFN2O3S. The number of amides is 1. The number of sulfonamides is 1. The fourth-order valence-corrected chi connectivity index (χ4v) is 4.05. The molecule has 0 aliphatic rings. The summed E-state index contributed by atoms with van der Waals surface area (Å²) in [6, 6.07) is 14.7. The van der Waals surface area contributed by atoms with E-state index in [-0.39, 0.29) is 16.1 Å². The van der Waals surface area contributed by atoms with Gasteiger partial charge in [-0.05, 0) is 61.4 Å². The number of aryl methyl sites for hydroxylation is 2. The number of hydrogen-bond acceptors (Lipinski definition) is 3.